The molecule has 43 heavy (non-hydrogen) atoms. The van der Waals surface area contributed by atoms with E-state index in [1.807, 2.05) is 24.9 Å². The molecule has 2 aromatic rings. The number of nitrogens with zero attached hydrogens (tertiary/aromatic N) is 2. The van der Waals surface area contributed by atoms with Crippen molar-refractivity contribution < 1.29 is 43.9 Å². The van der Waals surface area contributed by atoms with Crippen LogP contribution < -0.4 is 19.9 Å². The number of carbonyl (C=O) groups is 2. The van der Waals surface area contributed by atoms with E-state index in [0.717, 1.165) is 11.1 Å². The van der Waals surface area contributed by atoms with Crippen LogP contribution in [0.5, 0.6) is 28.7 Å². The number of cyclic esters (lactones) is 1. The standard InChI is InChI=1S/C30H37N3O9S/c1-11-7-14-8-16-29(37)33-17-9-41-30(38)15(31)10-43-28(22(33)21(32(16)4)18(14)23(35)25(11)39-5)20-19(17)24(36)27(40-6)12(2)26(20)42-13(3)34/h7,15-17,21-22,28-29,35-37H,8-10,31H2,1-6H3/t15-,16-,17-,21+,22+,28-,29-/m0/s1. The molecule has 4 aliphatic heterocycles. The van der Waals surface area contributed by atoms with Crippen molar-refractivity contribution in [2.24, 2.45) is 5.73 Å². The summed E-state index contributed by atoms with van der Waals surface area (Å²) in [5.41, 5.74) is 9.92. The smallest absolute Gasteiger partial charge is 0.323 e. The van der Waals surface area contributed by atoms with Crippen molar-refractivity contribution in [2.45, 2.75) is 68.9 Å². The third-order valence-electron chi connectivity index (χ3n) is 9.34. The summed E-state index contributed by atoms with van der Waals surface area (Å²) in [7, 11) is 4.84. The minimum absolute atomic E-state index is 0.0272. The van der Waals surface area contributed by atoms with Crippen LogP contribution in [0.2, 0.25) is 0 Å². The Morgan fingerprint density at radius 2 is 1.77 bits per heavy atom. The number of thioether (sulfide) groups is 1. The van der Waals surface area contributed by atoms with Gasteiger partial charge in [-0.05, 0) is 38.4 Å². The molecule has 0 unspecified atom stereocenters. The Bertz CT molecular complexity index is 1520. The van der Waals surface area contributed by atoms with E-state index < -0.39 is 47.6 Å². The molecule has 0 aromatic heterocycles. The first-order valence-corrected chi connectivity index (χ1v) is 15.2. The lowest BCUT2D eigenvalue weighted by molar-refractivity contribution is -0.184. The van der Waals surface area contributed by atoms with Crippen LogP contribution in [0.15, 0.2) is 6.07 Å². The third kappa shape index (κ3) is 4.27. The Kier molecular flexibility index (Phi) is 7.45. The second kappa shape index (κ2) is 10.7. The summed E-state index contributed by atoms with van der Waals surface area (Å²) in [6.07, 6.45) is -0.615. The first kappa shape index (κ1) is 29.8. The maximum atomic E-state index is 12.8. The Morgan fingerprint density at radius 1 is 1.09 bits per heavy atom. The van der Waals surface area contributed by atoms with Gasteiger partial charge >= 0.3 is 11.9 Å². The molecule has 4 bridgehead atoms. The van der Waals surface area contributed by atoms with E-state index >= 15 is 0 Å². The lowest BCUT2D eigenvalue weighted by Crippen LogP contribution is -2.69. The molecule has 232 valence electrons. The monoisotopic (exact) mass is 615 g/mol. The fourth-order valence-electron chi connectivity index (χ4n) is 7.60. The SMILES string of the molecule is COc1c(C)cc2c(c1O)[C@@H]1[C@@H]3[C@H]4SC[C@H](N)C(=O)OC[C@@H](c5c(O)c(OC)c(C)c(OC(C)=O)c54)N3[C@@H](O)[C@H](C2)N1C. The number of carbonyl (C=O) groups excluding carboxylic acids is 2. The molecule has 5 N–H and O–H groups in total. The molecule has 12 nitrogen and oxygen atoms in total. The zero-order valence-electron chi connectivity index (χ0n) is 24.9. The van der Waals surface area contributed by atoms with Gasteiger partial charge in [0.15, 0.2) is 23.0 Å². The number of aromatic hydroxyl groups is 2. The summed E-state index contributed by atoms with van der Waals surface area (Å²) in [6.45, 7) is 4.63. The second-order valence-corrected chi connectivity index (χ2v) is 12.8. The summed E-state index contributed by atoms with van der Waals surface area (Å²) in [5, 5.41) is 34.9. The molecule has 0 radical (unpaired) electrons. The van der Waals surface area contributed by atoms with Gasteiger partial charge in [0.05, 0.1) is 37.6 Å². The average molecular weight is 616 g/mol. The number of likely N-dealkylation sites (N-methyl/N-ethyl adjacent to an activating group) is 1. The first-order valence-electron chi connectivity index (χ1n) is 14.1. The van der Waals surface area contributed by atoms with Crippen molar-refractivity contribution >= 4 is 23.7 Å². The second-order valence-electron chi connectivity index (χ2n) is 11.6. The highest BCUT2D eigenvalue weighted by Crippen LogP contribution is 2.63. The Balaban J connectivity index is 1.69. The first-order chi connectivity index (χ1) is 20.4. The Labute approximate surface area is 253 Å². The van der Waals surface area contributed by atoms with Crippen molar-refractivity contribution in [2.75, 3.05) is 33.6 Å². The highest BCUT2D eigenvalue weighted by molar-refractivity contribution is 7.99. The average Bonchev–Trinajstić information content (AvgIpc) is 2.95. The van der Waals surface area contributed by atoms with E-state index in [9.17, 15) is 24.9 Å². The third-order valence-corrected chi connectivity index (χ3v) is 10.8. The minimum Gasteiger partial charge on any atom is -0.504 e. The summed E-state index contributed by atoms with van der Waals surface area (Å²) >= 11 is 1.35. The number of piperazine rings is 1. The largest absolute Gasteiger partial charge is 0.504 e. The number of hydrogen-bond donors (Lipinski definition) is 4. The van der Waals surface area contributed by atoms with Gasteiger partial charge in [-0.2, -0.15) is 0 Å². The van der Waals surface area contributed by atoms with E-state index in [4.69, 9.17) is 24.7 Å². The Hall–Kier alpha value is -3.23. The predicted octanol–water partition coefficient (Wildman–Crippen LogP) is 1.97. The van der Waals surface area contributed by atoms with Crippen LogP contribution in [-0.2, 0) is 20.7 Å². The topological polar surface area (TPSA) is 164 Å². The van der Waals surface area contributed by atoms with Crippen molar-refractivity contribution in [1.82, 2.24) is 9.80 Å². The fraction of sp³-hybridized carbons (Fsp3) is 0.533. The number of nitrogens with two attached hydrogens (primary N) is 1. The summed E-state index contributed by atoms with van der Waals surface area (Å²) in [5.74, 6) is -0.431. The molecule has 2 saturated heterocycles. The predicted molar refractivity (Wildman–Crippen MR) is 157 cm³/mol. The maximum Gasteiger partial charge on any atom is 0.323 e. The molecular weight excluding hydrogens is 578 g/mol. The number of aliphatic hydroxyl groups excluding tert-OH is 1. The molecular formula is C30H37N3O9S. The van der Waals surface area contributed by atoms with Gasteiger partial charge in [0.25, 0.3) is 0 Å². The van der Waals surface area contributed by atoms with Gasteiger partial charge in [0, 0.05) is 41.0 Å². The molecule has 0 spiro atoms. The molecule has 2 fully saturated rings. The van der Waals surface area contributed by atoms with Gasteiger partial charge in [-0.25, -0.2) is 0 Å². The maximum absolute atomic E-state index is 12.8. The summed E-state index contributed by atoms with van der Waals surface area (Å²) < 4.78 is 22.7. The number of rotatable bonds is 3. The number of phenolic OH excluding ortho intramolecular Hbond substituents is 2. The number of benzene rings is 2. The number of phenols is 2. The highest BCUT2D eigenvalue weighted by atomic mass is 32.2. The number of methoxy groups -OCH3 is 2. The van der Waals surface area contributed by atoms with Crippen LogP contribution in [0.4, 0.5) is 0 Å². The zero-order chi connectivity index (χ0) is 31.1. The van der Waals surface area contributed by atoms with Crippen molar-refractivity contribution in [1.29, 1.82) is 0 Å². The van der Waals surface area contributed by atoms with Crippen molar-refractivity contribution in [3.63, 3.8) is 0 Å². The fourth-order valence-corrected chi connectivity index (χ4v) is 9.03. The number of hydrogen-bond acceptors (Lipinski definition) is 13. The van der Waals surface area contributed by atoms with Gasteiger partial charge < -0.3 is 40.0 Å². The molecule has 0 amide bonds. The Morgan fingerprint density at radius 3 is 2.42 bits per heavy atom. The van der Waals surface area contributed by atoms with Crippen molar-refractivity contribution in [3.8, 4) is 28.7 Å². The molecule has 4 heterocycles. The molecule has 6 rings (SSSR count). The lowest BCUT2D eigenvalue weighted by atomic mass is 9.73. The van der Waals surface area contributed by atoms with Crippen LogP contribution in [0.1, 0.15) is 57.6 Å². The van der Waals surface area contributed by atoms with E-state index in [0.29, 0.717) is 34.4 Å². The van der Waals surface area contributed by atoms with Gasteiger partial charge in [-0.3, -0.25) is 19.4 Å². The van der Waals surface area contributed by atoms with Crippen LogP contribution in [0.25, 0.3) is 0 Å². The van der Waals surface area contributed by atoms with Crippen LogP contribution >= 0.6 is 11.8 Å². The van der Waals surface area contributed by atoms with Gasteiger partial charge in [0.1, 0.15) is 24.6 Å². The molecule has 0 saturated carbocycles. The van der Waals surface area contributed by atoms with E-state index in [-0.39, 0.29) is 41.4 Å². The number of ether oxygens (including phenoxy) is 4. The van der Waals surface area contributed by atoms with Crippen LogP contribution in [0, 0.1) is 13.8 Å². The summed E-state index contributed by atoms with van der Waals surface area (Å²) in [6, 6.07) is -1.22. The number of fused-ring (bicyclic) bond motifs is 7. The summed E-state index contributed by atoms with van der Waals surface area (Å²) in [4.78, 5) is 29.2. The van der Waals surface area contributed by atoms with E-state index in [1.54, 1.807) is 6.92 Å². The van der Waals surface area contributed by atoms with Gasteiger partial charge in [0.2, 0.25) is 0 Å². The van der Waals surface area contributed by atoms with Crippen LogP contribution in [-0.4, -0.2) is 95.0 Å². The quantitative estimate of drug-likeness (QED) is 0.293. The number of aliphatic hydroxyl groups is 1. The zero-order valence-corrected chi connectivity index (χ0v) is 25.7. The molecule has 2 aromatic carbocycles. The lowest BCUT2D eigenvalue weighted by Gasteiger charge is -2.62. The number of esters is 2. The molecule has 7 atom stereocenters. The van der Waals surface area contributed by atoms with E-state index in [2.05, 4.69) is 4.90 Å². The normalized spacial score (nSPS) is 30.0. The van der Waals surface area contributed by atoms with Gasteiger partial charge in [-0.1, -0.05) is 6.07 Å². The van der Waals surface area contributed by atoms with E-state index in [1.165, 1.54) is 32.9 Å². The van der Waals surface area contributed by atoms with Gasteiger partial charge in [-0.15, -0.1) is 11.8 Å². The highest BCUT2D eigenvalue weighted by Gasteiger charge is 2.60. The minimum atomic E-state index is -1.05. The molecule has 0 aliphatic carbocycles. The number of aryl methyl sites for hydroxylation is 1. The van der Waals surface area contributed by atoms with Crippen LogP contribution in [0.3, 0.4) is 0 Å². The van der Waals surface area contributed by atoms with Crippen molar-refractivity contribution in [3.05, 3.63) is 39.4 Å². The molecule has 13 heteroatoms. The molecule has 4 aliphatic rings.